The third-order valence-electron chi connectivity index (χ3n) is 2.00. The summed E-state index contributed by atoms with van der Waals surface area (Å²) < 4.78 is 4.54. The largest absolute Gasteiger partial charge is 0.469 e. The molecule has 0 N–H and O–H groups in total. The summed E-state index contributed by atoms with van der Waals surface area (Å²) >= 11 is 0. The zero-order valence-corrected chi connectivity index (χ0v) is 8.46. The molecule has 0 saturated heterocycles. The first kappa shape index (κ1) is 11.4. The Labute approximate surface area is 74.7 Å². The predicted molar refractivity (Wildman–Crippen MR) is 49.0 cm³/mol. The van der Waals surface area contributed by atoms with E-state index in [9.17, 15) is 4.79 Å². The zero-order valence-electron chi connectivity index (χ0n) is 8.46. The summed E-state index contributed by atoms with van der Waals surface area (Å²) in [7, 11) is 3.48. The molecule has 0 fully saturated rings. The van der Waals surface area contributed by atoms with Crippen molar-refractivity contribution in [1.29, 1.82) is 0 Å². The highest BCUT2D eigenvalue weighted by molar-refractivity contribution is 5.69. The van der Waals surface area contributed by atoms with Crippen LogP contribution < -0.4 is 0 Å². The fourth-order valence-electron chi connectivity index (χ4n) is 0.833. The van der Waals surface area contributed by atoms with Gasteiger partial charge in [0.1, 0.15) is 0 Å². The summed E-state index contributed by atoms with van der Waals surface area (Å²) in [5.41, 5.74) is 0. The molecule has 0 radical (unpaired) electrons. The molecule has 0 aromatic carbocycles. The van der Waals surface area contributed by atoms with E-state index in [1.807, 2.05) is 0 Å². The van der Waals surface area contributed by atoms with Gasteiger partial charge in [0.05, 0.1) is 7.11 Å². The van der Waals surface area contributed by atoms with Crippen molar-refractivity contribution < 1.29 is 9.53 Å². The van der Waals surface area contributed by atoms with Crippen LogP contribution in [0.2, 0.25) is 0 Å². The molecule has 0 spiro atoms. The molecule has 0 aromatic heterocycles. The number of carbonyl (C=O) groups excluding carboxylic acids is 1. The normalized spacial score (nSPS) is 10.8. The van der Waals surface area contributed by atoms with E-state index in [1.165, 1.54) is 7.11 Å². The monoisotopic (exact) mass is 173 g/mol. The van der Waals surface area contributed by atoms with Gasteiger partial charge in [-0.05, 0) is 33.9 Å². The van der Waals surface area contributed by atoms with Crippen LogP contribution in [-0.4, -0.2) is 37.6 Å². The Morgan fingerprint density at radius 1 is 1.50 bits per heavy atom. The Kier molecular flexibility index (Phi) is 5.72. The molecule has 0 rings (SSSR count). The van der Waals surface area contributed by atoms with Gasteiger partial charge in [-0.2, -0.15) is 0 Å². The highest BCUT2D eigenvalue weighted by Crippen LogP contribution is 1.98. The first-order chi connectivity index (χ1) is 5.57. The Hall–Kier alpha value is -0.570. The molecule has 0 unspecified atom stereocenters. The highest BCUT2D eigenvalue weighted by Gasteiger charge is 2.04. The topological polar surface area (TPSA) is 29.5 Å². The van der Waals surface area contributed by atoms with Crippen LogP contribution in [0.1, 0.15) is 26.7 Å². The Balaban J connectivity index is 3.37. The maximum atomic E-state index is 10.7. The van der Waals surface area contributed by atoms with Crippen LogP contribution in [0.4, 0.5) is 0 Å². The maximum absolute atomic E-state index is 10.7. The second-order valence-electron chi connectivity index (χ2n) is 3.25. The number of ether oxygens (including phenoxy) is 1. The lowest BCUT2D eigenvalue weighted by Crippen LogP contribution is -2.27. The maximum Gasteiger partial charge on any atom is 0.305 e. The van der Waals surface area contributed by atoms with E-state index in [0.717, 1.165) is 13.0 Å². The highest BCUT2D eigenvalue weighted by atomic mass is 16.5. The van der Waals surface area contributed by atoms with E-state index in [1.54, 1.807) is 0 Å². The smallest absolute Gasteiger partial charge is 0.305 e. The van der Waals surface area contributed by atoms with Crippen molar-refractivity contribution in [3.05, 3.63) is 0 Å². The van der Waals surface area contributed by atoms with Crippen LogP contribution in [0, 0.1) is 0 Å². The quantitative estimate of drug-likeness (QED) is 0.586. The number of nitrogens with zero attached hydrogens (tertiary/aromatic N) is 1. The van der Waals surface area contributed by atoms with Crippen LogP contribution in [0.3, 0.4) is 0 Å². The Bertz CT molecular complexity index is 134. The van der Waals surface area contributed by atoms with E-state index < -0.39 is 0 Å². The van der Waals surface area contributed by atoms with Gasteiger partial charge in [0, 0.05) is 12.5 Å². The summed E-state index contributed by atoms with van der Waals surface area (Å²) in [4.78, 5) is 12.9. The number of esters is 1. The number of hydrogen-bond acceptors (Lipinski definition) is 3. The minimum Gasteiger partial charge on any atom is -0.469 e. The van der Waals surface area contributed by atoms with Crippen molar-refractivity contribution in [2.45, 2.75) is 32.7 Å². The van der Waals surface area contributed by atoms with E-state index >= 15 is 0 Å². The van der Waals surface area contributed by atoms with Crippen molar-refractivity contribution in [1.82, 2.24) is 4.90 Å². The van der Waals surface area contributed by atoms with Crippen molar-refractivity contribution in [2.24, 2.45) is 0 Å². The second kappa shape index (κ2) is 6.00. The molecule has 3 heteroatoms. The lowest BCUT2D eigenvalue weighted by Gasteiger charge is -2.20. The van der Waals surface area contributed by atoms with Crippen LogP contribution in [0.15, 0.2) is 0 Å². The van der Waals surface area contributed by atoms with Crippen LogP contribution in [0.5, 0.6) is 0 Å². The van der Waals surface area contributed by atoms with E-state index in [4.69, 9.17) is 0 Å². The van der Waals surface area contributed by atoms with Crippen LogP contribution >= 0.6 is 0 Å². The average Bonchev–Trinajstić information content (AvgIpc) is 2.03. The van der Waals surface area contributed by atoms with Gasteiger partial charge in [-0.15, -0.1) is 0 Å². The molecule has 0 aromatic rings. The molecule has 72 valence electrons. The molecule has 0 atom stereocenters. The van der Waals surface area contributed by atoms with Crippen LogP contribution in [0.25, 0.3) is 0 Å². The molecule has 0 aliphatic rings. The van der Waals surface area contributed by atoms with E-state index in [0.29, 0.717) is 12.5 Å². The van der Waals surface area contributed by atoms with Gasteiger partial charge in [-0.25, -0.2) is 0 Å². The van der Waals surface area contributed by atoms with Gasteiger partial charge in [0.2, 0.25) is 0 Å². The first-order valence-electron chi connectivity index (χ1n) is 4.35. The number of carbonyl (C=O) groups is 1. The standard InChI is InChI=1S/C9H19NO2/c1-8(2)10(3)7-5-6-9(11)12-4/h8H,5-7H2,1-4H3. The SMILES string of the molecule is COC(=O)CCCN(C)C(C)C. The molecule has 0 aliphatic carbocycles. The summed E-state index contributed by atoms with van der Waals surface area (Å²) in [5.74, 6) is -0.118. The molecule has 0 bridgehead atoms. The molecular weight excluding hydrogens is 154 g/mol. The Morgan fingerprint density at radius 2 is 2.08 bits per heavy atom. The van der Waals surface area contributed by atoms with Crippen molar-refractivity contribution in [3.8, 4) is 0 Å². The van der Waals surface area contributed by atoms with Crippen molar-refractivity contribution in [3.63, 3.8) is 0 Å². The molecule has 12 heavy (non-hydrogen) atoms. The molecule has 0 heterocycles. The van der Waals surface area contributed by atoms with E-state index in [-0.39, 0.29) is 5.97 Å². The third-order valence-corrected chi connectivity index (χ3v) is 2.00. The second-order valence-corrected chi connectivity index (χ2v) is 3.25. The van der Waals surface area contributed by atoms with Gasteiger partial charge >= 0.3 is 5.97 Å². The number of methoxy groups -OCH3 is 1. The Morgan fingerprint density at radius 3 is 2.50 bits per heavy atom. The zero-order chi connectivity index (χ0) is 9.56. The third kappa shape index (κ3) is 5.13. The molecular formula is C9H19NO2. The predicted octanol–water partition coefficient (Wildman–Crippen LogP) is 1.28. The molecule has 0 saturated carbocycles. The number of hydrogen-bond donors (Lipinski definition) is 0. The van der Waals surface area contributed by atoms with Gasteiger partial charge in [0.15, 0.2) is 0 Å². The summed E-state index contributed by atoms with van der Waals surface area (Å²) in [6, 6.07) is 0.544. The number of rotatable bonds is 5. The van der Waals surface area contributed by atoms with Crippen molar-refractivity contribution in [2.75, 3.05) is 20.7 Å². The van der Waals surface area contributed by atoms with Gasteiger partial charge < -0.3 is 9.64 Å². The fraction of sp³-hybridized carbons (Fsp3) is 0.889. The summed E-state index contributed by atoms with van der Waals surface area (Å²) in [6.07, 6.45) is 1.40. The van der Waals surface area contributed by atoms with Gasteiger partial charge in [0.25, 0.3) is 0 Å². The first-order valence-corrected chi connectivity index (χ1v) is 4.35. The summed E-state index contributed by atoms with van der Waals surface area (Å²) in [6.45, 7) is 5.23. The molecule has 3 nitrogen and oxygen atoms in total. The van der Waals surface area contributed by atoms with E-state index in [2.05, 4.69) is 30.5 Å². The van der Waals surface area contributed by atoms with Gasteiger partial charge in [-0.3, -0.25) is 4.79 Å². The van der Waals surface area contributed by atoms with Gasteiger partial charge in [-0.1, -0.05) is 0 Å². The summed E-state index contributed by atoms with van der Waals surface area (Å²) in [5, 5.41) is 0. The molecule has 0 amide bonds. The lowest BCUT2D eigenvalue weighted by atomic mass is 10.2. The molecule has 0 aliphatic heterocycles. The lowest BCUT2D eigenvalue weighted by molar-refractivity contribution is -0.140. The average molecular weight is 173 g/mol. The van der Waals surface area contributed by atoms with Crippen molar-refractivity contribution >= 4 is 5.97 Å². The minimum atomic E-state index is -0.118. The fourth-order valence-corrected chi connectivity index (χ4v) is 0.833. The minimum absolute atomic E-state index is 0.118. The van der Waals surface area contributed by atoms with Crippen LogP contribution in [-0.2, 0) is 9.53 Å².